The molecule has 5 rings (SSSR count). The molecule has 0 amide bonds. The first-order valence-corrected chi connectivity index (χ1v) is 9.56. The minimum absolute atomic E-state index is 0.233. The lowest BCUT2D eigenvalue weighted by Crippen LogP contribution is -2.04. The van der Waals surface area contributed by atoms with Crippen LogP contribution in [0.4, 0.5) is 4.39 Å². The van der Waals surface area contributed by atoms with Crippen molar-refractivity contribution in [2.45, 2.75) is 23.0 Å². The molecule has 0 aliphatic carbocycles. The summed E-state index contributed by atoms with van der Waals surface area (Å²) in [5, 5.41) is 0.816. The number of aromatic nitrogens is 4. The van der Waals surface area contributed by atoms with E-state index in [1.54, 1.807) is 18.3 Å². The van der Waals surface area contributed by atoms with E-state index < -0.39 is 0 Å². The Kier molecular flexibility index (Phi) is 4.32. The van der Waals surface area contributed by atoms with Gasteiger partial charge in [0.2, 0.25) is 6.79 Å². The molecule has 0 radical (unpaired) electrons. The Hall–Kier alpha value is -3.13. The molecule has 0 unspecified atom stereocenters. The second-order valence-corrected chi connectivity index (χ2v) is 7.31. The summed E-state index contributed by atoms with van der Waals surface area (Å²) in [5.74, 6) is 1.25. The fraction of sp³-hybridized carbons (Fsp3) is 0.150. The molecule has 28 heavy (non-hydrogen) atoms. The highest BCUT2D eigenvalue weighted by Crippen LogP contribution is 2.38. The van der Waals surface area contributed by atoms with Crippen LogP contribution in [-0.2, 0) is 13.0 Å². The van der Waals surface area contributed by atoms with Crippen LogP contribution in [0.3, 0.4) is 0 Å². The molecule has 0 bridgehead atoms. The number of aryl methyl sites for hydroxylation is 2. The summed E-state index contributed by atoms with van der Waals surface area (Å²) in [6, 6.07) is 12.4. The van der Waals surface area contributed by atoms with E-state index >= 15 is 0 Å². The first-order valence-electron chi connectivity index (χ1n) is 8.74. The summed E-state index contributed by atoms with van der Waals surface area (Å²) in [6.07, 6.45) is 3.97. The number of imidazole rings is 1. The molecule has 6 nitrogen and oxygen atoms in total. The minimum Gasteiger partial charge on any atom is -0.454 e. The van der Waals surface area contributed by atoms with Gasteiger partial charge in [-0.25, -0.2) is 19.3 Å². The van der Waals surface area contributed by atoms with Crippen LogP contribution in [0.25, 0.3) is 11.2 Å². The topological polar surface area (TPSA) is 62.1 Å². The lowest BCUT2D eigenvalue weighted by Gasteiger charge is -2.09. The van der Waals surface area contributed by atoms with E-state index in [2.05, 4.69) is 14.5 Å². The highest BCUT2D eigenvalue weighted by atomic mass is 32.2. The quantitative estimate of drug-likeness (QED) is 0.508. The van der Waals surface area contributed by atoms with Crippen molar-refractivity contribution in [3.05, 3.63) is 66.4 Å². The minimum atomic E-state index is -0.233. The average Bonchev–Trinajstić information content (AvgIpc) is 3.31. The Morgan fingerprint density at radius 3 is 2.82 bits per heavy atom. The fourth-order valence-electron chi connectivity index (χ4n) is 3.07. The Morgan fingerprint density at radius 2 is 1.93 bits per heavy atom. The molecule has 8 heteroatoms. The van der Waals surface area contributed by atoms with E-state index in [1.165, 1.54) is 30.2 Å². The van der Waals surface area contributed by atoms with Crippen LogP contribution in [0, 0.1) is 5.82 Å². The SMILES string of the molecule is Fc1ccc(CCn2c(Sc3ccc4c(c3)OCO4)nc3cncnc32)cc1. The monoisotopic (exact) mass is 394 g/mol. The van der Waals surface area contributed by atoms with Crippen LogP contribution < -0.4 is 9.47 Å². The predicted molar refractivity (Wildman–Crippen MR) is 102 cm³/mol. The zero-order chi connectivity index (χ0) is 18.9. The summed E-state index contributed by atoms with van der Waals surface area (Å²) in [5.41, 5.74) is 2.57. The van der Waals surface area contributed by atoms with Gasteiger partial charge in [-0.2, -0.15) is 0 Å². The highest BCUT2D eigenvalue weighted by Gasteiger charge is 2.17. The van der Waals surface area contributed by atoms with Gasteiger partial charge in [0.05, 0.1) is 6.20 Å². The van der Waals surface area contributed by atoms with Crippen molar-refractivity contribution in [2.24, 2.45) is 0 Å². The Labute approximate surface area is 164 Å². The largest absolute Gasteiger partial charge is 0.454 e. The van der Waals surface area contributed by atoms with Gasteiger partial charge in [-0.1, -0.05) is 23.9 Å². The molecular weight excluding hydrogens is 379 g/mol. The van der Waals surface area contributed by atoms with Crippen molar-refractivity contribution in [1.82, 2.24) is 19.5 Å². The fourth-order valence-corrected chi connectivity index (χ4v) is 4.02. The van der Waals surface area contributed by atoms with E-state index in [0.717, 1.165) is 44.7 Å². The van der Waals surface area contributed by atoms with Crippen LogP contribution in [0.2, 0.25) is 0 Å². The van der Waals surface area contributed by atoms with Crippen LogP contribution in [0.5, 0.6) is 11.5 Å². The van der Waals surface area contributed by atoms with Crippen molar-refractivity contribution in [2.75, 3.05) is 6.79 Å². The molecule has 0 fully saturated rings. The van der Waals surface area contributed by atoms with Crippen molar-refractivity contribution < 1.29 is 13.9 Å². The molecule has 0 saturated heterocycles. The number of nitrogens with zero attached hydrogens (tertiary/aromatic N) is 4. The molecule has 4 aromatic rings. The Bertz CT molecular complexity index is 1150. The molecule has 140 valence electrons. The summed E-state index contributed by atoms with van der Waals surface area (Å²) >= 11 is 1.53. The summed E-state index contributed by atoms with van der Waals surface area (Å²) in [7, 11) is 0. The summed E-state index contributed by atoms with van der Waals surface area (Å²) in [4.78, 5) is 14.2. The van der Waals surface area contributed by atoms with Gasteiger partial charge in [0.1, 0.15) is 17.7 Å². The average molecular weight is 394 g/mol. The maximum absolute atomic E-state index is 13.2. The number of fused-ring (bicyclic) bond motifs is 2. The van der Waals surface area contributed by atoms with Crippen molar-refractivity contribution in [3.8, 4) is 11.5 Å². The third-order valence-corrected chi connectivity index (χ3v) is 5.45. The van der Waals surface area contributed by atoms with E-state index in [1.807, 2.05) is 18.2 Å². The zero-order valence-corrected chi connectivity index (χ0v) is 15.5. The maximum Gasteiger partial charge on any atom is 0.231 e. The Balaban J connectivity index is 1.46. The zero-order valence-electron chi connectivity index (χ0n) is 14.7. The van der Waals surface area contributed by atoms with Gasteiger partial charge >= 0.3 is 0 Å². The van der Waals surface area contributed by atoms with Crippen LogP contribution >= 0.6 is 11.8 Å². The summed E-state index contributed by atoms with van der Waals surface area (Å²) < 4.78 is 26.1. The molecule has 2 aromatic heterocycles. The molecule has 1 aliphatic heterocycles. The van der Waals surface area contributed by atoms with Crippen LogP contribution in [-0.4, -0.2) is 26.3 Å². The molecule has 0 saturated carbocycles. The van der Waals surface area contributed by atoms with Gasteiger partial charge in [0.15, 0.2) is 22.3 Å². The summed E-state index contributed by atoms with van der Waals surface area (Å²) in [6.45, 7) is 0.918. The molecular formula is C20H15FN4O2S. The molecule has 0 N–H and O–H groups in total. The molecule has 0 atom stereocenters. The first-order chi connectivity index (χ1) is 13.8. The van der Waals surface area contributed by atoms with E-state index in [9.17, 15) is 4.39 Å². The van der Waals surface area contributed by atoms with Crippen molar-refractivity contribution in [1.29, 1.82) is 0 Å². The normalized spacial score (nSPS) is 12.6. The number of hydrogen-bond acceptors (Lipinski definition) is 6. The second kappa shape index (κ2) is 7.12. The smallest absolute Gasteiger partial charge is 0.231 e. The van der Waals surface area contributed by atoms with Gasteiger partial charge in [0, 0.05) is 11.4 Å². The van der Waals surface area contributed by atoms with Crippen LogP contribution in [0.15, 0.2) is 65.0 Å². The highest BCUT2D eigenvalue weighted by molar-refractivity contribution is 7.99. The number of halogens is 1. The van der Waals surface area contributed by atoms with Gasteiger partial charge in [-0.15, -0.1) is 0 Å². The Morgan fingerprint density at radius 1 is 1.07 bits per heavy atom. The molecule has 3 heterocycles. The standard InChI is InChI=1S/C20H15FN4O2S/c21-14-3-1-13(2-4-14)7-8-25-19-16(10-22-11-23-19)24-20(25)28-15-5-6-17-18(9-15)27-12-26-17/h1-6,9-11H,7-8,12H2. The van der Waals surface area contributed by atoms with Crippen molar-refractivity contribution >= 4 is 22.9 Å². The lowest BCUT2D eigenvalue weighted by atomic mass is 10.1. The van der Waals surface area contributed by atoms with E-state index in [0.29, 0.717) is 6.54 Å². The maximum atomic E-state index is 13.2. The van der Waals surface area contributed by atoms with E-state index in [-0.39, 0.29) is 12.6 Å². The van der Waals surface area contributed by atoms with Gasteiger partial charge < -0.3 is 14.0 Å². The van der Waals surface area contributed by atoms with Crippen molar-refractivity contribution in [3.63, 3.8) is 0 Å². The third-order valence-electron chi connectivity index (χ3n) is 4.47. The number of benzene rings is 2. The number of hydrogen-bond donors (Lipinski definition) is 0. The number of ether oxygens (including phenoxy) is 2. The third kappa shape index (κ3) is 3.27. The van der Waals surface area contributed by atoms with Gasteiger partial charge in [0.25, 0.3) is 0 Å². The predicted octanol–water partition coefficient (Wildman–Crippen LogP) is 4.09. The molecule has 1 aliphatic rings. The molecule has 2 aromatic carbocycles. The molecule has 0 spiro atoms. The number of rotatable bonds is 5. The first kappa shape index (κ1) is 17.0. The lowest BCUT2D eigenvalue weighted by molar-refractivity contribution is 0.174. The van der Waals surface area contributed by atoms with Crippen LogP contribution in [0.1, 0.15) is 5.56 Å². The van der Waals surface area contributed by atoms with Gasteiger partial charge in [-0.05, 0) is 42.3 Å². The second-order valence-electron chi connectivity index (χ2n) is 6.27. The van der Waals surface area contributed by atoms with Gasteiger partial charge in [-0.3, -0.25) is 0 Å². The van der Waals surface area contributed by atoms with E-state index in [4.69, 9.17) is 14.5 Å².